The lowest BCUT2D eigenvalue weighted by Gasteiger charge is -2.27. The molecular formula is C16H25NO4. The molecule has 5 nitrogen and oxygen atoms in total. The summed E-state index contributed by atoms with van der Waals surface area (Å²) in [5, 5.41) is 8.75. The van der Waals surface area contributed by atoms with Gasteiger partial charge in [-0.05, 0) is 32.9 Å². The number of hydrogen-bond acceptors (Lipinski definition) is 4. The van der Waals surface area contributed by atoms with Crippen molar-refractivity contribution in [1.29, 1.82) is 0 Å². The number of para-hydroxylation sites is 1. The molecule has 1 aromatic carbocycles. The van der Waals surface area contributed by atoms with Gasteiger partial charge in [0.1, 0.15) is 0 Å². The summed E-state index contributed by atoms with van der Waals surface area (Å²) in [4.78, 5) is 12.9. The van der Waals surface area contributed by atoms with Crippen molar-refractivity contribution in [3.8, 4) is 11.5 Å². The minimum atomic E-state index is -0.752. The summed E-state index contributed by atoms with van der Waals surface area (Å²) in [6.07, 6.45) is 0.832. The number of benzene rings is 1. The van der Waals surface area contributed by atoms with Crippen molar-refractivity contribution in [1.82, 2.24) is 4.90 Å². The Kier molecular flexibility index (Phi) is 7.02. The Bertz CT molecular complexity index is 460. The van der Waals surface area contributed by atoms with Gasteiger partial charge in [0, 0.05) is 24.6 Å². The number of hydrogen-bond donors (Lipinski definition) is 1. The van der Waals surface area contributed by atoms with E-state index in [1.54, 1.807) is 14.2 Å². The van der Waals surface area contributed by atoms with Gasteiger partial charge in [-0.25, -0.2) is 0 Å². The third-order valence-electron chi connectivity index (χ3n) is 3.42. The molecule has 0 saturated carbocycles. The van der Waals surface area contributed by atoms with Gasteiger partial charge in [-0.3, -0.25) is 9.69 Å². The summed E-state index contributed by atoms with van der Waals surface area (Å²) in [6, 6.07) is 6.14. The molecule has 1 aromatic rings. The van der Waals surface area contributed by atoms with E-state index in [0.717, 1.165) is 17.9 Å². The zero-order chi connectivity index (χ0) is 15.8. The Balaban J connectivity index is 2.81. The molecule has 0 atom stereocenters. The van der Waals surface area contributed by atoms with E-state index in [9.17, 15) is 4.79 Å². The molecule has 1 rings (SSSR count). The van der Waals surface area contributed by atoms with Crippen molar-refractivity contribution in [3.05, 3.63) is 23.8 Å². The molecule has 0 aliphatic carbocycles. The van der Waals surface area contributed by atoms with Crippen molar-refractivity contribution in [2.45, 2.75) is 39.3 Å². The van der Waals surface area contributed by atoms with Crippen LogP contribution in [0.2, 0.25) is 0 Å². The third-order valence-corrected chi connectivity index (χ3v) is 3.42. The van der Waals surface area contributed by atoms with Crippen molar-refractivity contribution in [2.75, 3.05) is 20.8 Å². The zero-order valence-electron chi connectivity index (χ0n) is 13.3. The van der Waals surface area contributed by atoms with Gasteiger partial charge in [-0.15, -0.1) is 0 Å². The molecule has 0 aliphatic rings. The molecule has 5 heteroatoms. The van der Waals surface area contributed by atoms with Crippen LogP contribution in [0.15, 0.2) is 18.2 Å². The van der Waals surface area contributed by atoms with Gasteiger partial charge in [0.2, 0.25) is 0 Å². The van der Waals surface area contributed by atoms with Crippen LogP contribution in [-0.4, -0.2) is 42.8 Å². The molecule has 0 unspecified atom stereocenters. The lowest BCUT2D eigenvalue weighted by Crippen LogP contribution is -2.31. The number of nitrogens with zero attached hydrogens (tertiary/aromatic N) is 1. The molecule has 118 valence electrons. The van der Waals surface area contributed by atoms with Gasteiger partial charge in [0.05, 0.1) is 14.2 Å². The van der Waals surface area contributed by atoms with Crippen molar-refractivity contribution in [2.24, 2.45) is 0 Å². The molecule has 0 aromatic heterocycles. The molecule has 0 saturated heterocycles. The highest BCUT2D eigenvalue weighted by Crippen LogP contribution is 2.31. The van der Waals surface area contributed by atoms with E-state index in [0.29, 0.717) is 24.8 Å². The zero-order valence-corrected chi connectivity index (χ0v) is 13.3. The monoisotopic (exact) mass is 295 g/mol. The Labute approximate surface area is 126 Å². The quantitative estimate of drug-likeness (QED) is 0.759. The van der Waals surface area contributed by atoms with Gasteiger partial charge < -0.3 is 14.6 Å². The highest BCUT2D eigenvalue weighted by Gasteiger charge is 2.15. The number of carboxylic acids is 1. The average Bonchev–Trinajstić information content (AvgIpc) is 2.45. The van der Waals surface area contributed by atoms with Crippen molar-refractivity contribution >= 4 is 5.97 Å². The van der Waals surface area contributed by atoms with E-state index in [-0.39, 0.29) is 6.42 Å². The number of carbonyl (C=O) groups is 1. The molecule has 21 heavy (non-hydrogen) atoms. The summed E-state index contributed by atoms with van der Waals surface area (Å²) in [6.45, 7) is 5.66. The van der Waals surface area contributed by atoms with Crippen LogP contribution in [0.4, 0.5) is 0 Å². The number of aliphatic carboxylic acids is 1. The van der Waals surface area contributed by atoms with Crippen LogP contribution in [0, 0.1) is 0 Å². The van der Waals surface area contributed by atoms with Gasteiger partial charge in [0.15, 0.2) is 11.5 Å². The summed E-state index contributed by atoms with van der Waals surface area (Å²) >= 11 is 0. The normalized spacial score (nSPS) is 11.0. The second kappa shape index (κ2) is 8.52. The van der Waals surface area contributed by atoms with Crippen LogP contribution in [-0.2, 0) is 11.3 Å². The van der Waals surface area contributed by atoms with E-state index in [4.69, 9.17) is 14.6 Å². The standard InChI is InChI=1S/C16H25NO4/c1-12(2)17(10-6-9-15(18)19)11-13-7-5-8-14(20-3)16(13)21-4/h5,7-8,12H,6,9-11H2,1-4H3,(H,18,19). The minimum absolute atomic E-state index is 0.193. The molecule has 0 radical (unpaired) electrons. The molecule has 0 amide bonds. The largest absolute Gasteiger partial charge is 0.493 e. The first-order valence-electron chi connectivity index (χ1n) is 7.15. The van der Waals surface area contributed by atoms with Crippen LogP contribution in [0.5, 0.6) is 11.5 Å². The van der Waals surface area contributed by atoms with Crippen molar-refractivity contribution < 1.29 is 19.4 Å². The SMILES string of the molecule is COc1cccc(CN(CCCC(=O)O)C(C)C)c1OC. The molecular weight excluding hydrogens is 270 g/mol. The van der Waals surface area contributed by atoms with Gasteiger partial charge in [-0.2, -0.15) is 0 Å². The van der Waals surface area contributed by atoms with E-state index in [1.807, 2.05) is 18.2 Å². The first-order chi connectivity index (χ1) is 9.99. The van der Waals surface area contributed by atoms with Crippen LogP contribution in [0.1, 0.15) is 32.3 Å². The topological polar surface area (TPSA) is 59.0 Å². The van der Waals surface area contributed by atoms with E-state index in [1.165, 1.54) is 0 Å². The minimum Gasteiger partial charge on any atom is -0.493 e. The fourth-order valence-corrected chi connectivity index (χ4v) is 2.25. The molecule has 0 bridgehead atoms. The lowest BCUT2D eigenvalue weighted by molar-refractivity contribution is -0.137. The first kappa shape index (κ1) is 17.3. The highest BCUT2D eigenvalue weighted by atomic mass is 16.5. The third kappa shape index (κ3) is 5.27. The maximum atomic E-state index is 10.6. The van der Waals surface area contributed by atoms with E-state index in [2.05, 4.69) is 18.7 Å². The summed E-state index contributed by atoms with van der Waals surface area (Å²) in [5.74, 6) is 0.700. The predicted molar refractivity (Wildman–Crippen MR) is 82.0 cm³/mol. The fraction of sp³-hybridized carbons (Fsp3) is 0.562. The Morgan fingerprint density at radius 2 is 2.00 bits per heavy atom. The number of methoxy groups -OCH3 is 2. The van der Waals surface area contributed by atoms with Gasteiger partial charge in [-0.1, -0.05) is 12.1 Å². The number of carboxylic acid groups (broad SMARTS) is 1. The second-order valence-corrected chi connectivity index (χ2v) is 5.21. The molecule has 0 aliphatic heterocycles. The maximum Gasteiger partial charge on any atom is 0.303 e. The summed E-state index contributed by atoms with van der Waals surface area (Å²) in [5.41, 5.74) is 1.04. The Hall–Kier alpha value is -1.75. The second-order valence-electron chi connectivity index (χ2n) is 5.21. The maximum absolute atomic E-state index is 10.6. The molecule has 0 fully saturated rings. The van der Waals surface area contributed by atoms with Crippen LogP contribution >= 0.6 is 0 Å². The Morgan fingerprint density at radius 1 is 1.29 bits per heavy atom. The number of ether oxygens (including phenoxy) is 2. The predicted octanol–water partition coefficient (Wildman–Crippen LogP) is 2.78. The van der Waals surface area contributed by atoms with Gasteiger partial charge >= 0.3 is 5.97 Å². The first-order valence-corrected chi connectivity index (χ1v) is 7.15. The van der Waals surface area contributed by atoms with Crippen LogP contribution in [0.25, 0.3) is 0 Å². The Morgan fingerprint density at radius 3 is 2.52 bits per heavy atom. The summed E-state index contributed by atoms with van der Waals surface area (Å²) < 4.78 is 10.8. The van der Waals surface area contributed by atoms with Crippen LogP contribution in [0.3, 0.4) is 0 Å². The van der Waals surface area contributed by atoms with Crippen molar-refractivity contribution in [3.63, 3.8) is 0 Å². The number of rotatable bonds is 9. The lowest BCUT2D eigenvalue weighted by atomic mass is 10.1. The fourth-order valence-electron chi connectivity index (χ4n) is 2.25. The molecule has 0 spiro atoms. The van der Waals surface area contributed by atoms with Gasteiger partial charge in [0.25, 0.3) is 0 Å². The molecule has 1 N–H and O–H groups in total. The smallest absolute Gasteiger partial charge is 0.303 e. The molecule has 0 heterocycles. The average molecular weight is 295 g/mol. The van der Waals surface area contributed by atoms with E-state index < -0.39 is 5.97 Å². The highest BCUT2D eigenvalue weighted by molar-refractivity contribution is 5.66. The van der Waals surface area contributed by atoms with E-state index >= 15 is 0 Å². The van der Waals surface area contributed by atoms with Crippen LogP contribution < -0.4 is 9.47 Å². The summed E-state index contributed by atoms with van der Waals surface area (Å²) in [7, 11) is 3.25.